The number of carbonyl (C=O) groups is 1. The lowest BCUT2D eigenvalue weighted by Crippen LogP contribution is -2.50. The van der Waals surface area contributed by atoms with E-state index >= 15 is 0 Å². The zero-order chi connectivity index (χ0) is 22.6. The Morgan fingerprint density at radius 1 is 0.939 bits per heavy atom. The van der Waals surface area contributed by atoms with E-state index in [1.165, 1.54) is 32.4 Å². The van der Waals surface area contributed by atoms with Gasteiger partial charge in [0.25, 0.3) is 0 Å². The Hall–Kier alpha value is -2.31. The van der Waals surface area contributed by atoms with Gasteiger partial charge in [0.15, 0.2) is 0 Å². The molecule has 0 aliphatic carbocycles. The molecule has 5 rings (SSSR count). The highest BCUT2D eigenvalue weighted by Gasteiger charge is 2.38. The average Bonchev–Trinajstić information content (AvgIpc) is 3.26. The molecule has 3 aliphatic rings. The predicted octanol–water partition coefficient (Wildman–Crippen LogP) is 5.21. The van der Waals surface area contributed by atoms with Crippen LogP contribution in [0.2, 0.25) is 0 Å². The van der Waals surface area contributed by atoms with Gasteiger partial charge < -0.3 is 14.5 Å². The number of amides is 1. The fourth-order valence-corrected chi connectivity index (χ4v) is 6.43. The molecule has 0 aromatic heterocycles. The molecule has 5 nitrogen and oxygen atoms in total. The van der Waals surface area contributed by atoms with Crippen LogP contribution in [0.3, 0.4) is 0 Å². The summed E-state index contributed by atoms with van der Waals surface area (Å²) in [6.45, 7) is 6.26. The predicted molar refractivity (Wildman–Crippen MR) is 135 cm³/mol. The number of rotatable bonds is 5. The minimum Gasteiger partial charge on any atom is -0.457 e. The van der Waals surface area contributed by atoms with E-state index in [2.05, 4.69) is 16.7 Å². The number of hydrogen-bond donors (Lipinski definition) is 0. The number of likely N-dealkylation sites (tertiary alicyclic amines) is 2. The molecule has 2 atom stereocenters. The van der Waals surface area contributed by atoms with Crippen molar-refractivity contribution >= 4 is 22.7 Å². The van der Waals surface area contributed by atoms with Crippen LogP contribution in [0, 0.1) is 0 Å². The van der Waals surface area contributed by atoms with Crippen LogP contribution in [-0.4, -0.2) is 64.3 Å². The smallest absolute Gasteiger partial charge is 0.238 e. The van der Waals surface area contributed by atoms with Crippen LogP contribution >= 0.6 is 11.8 Å². The summed E-state index contributed by atoms with van der Waals surface area (Å²) < 4.78 is 6.14. The number of nitrogens with zero attached hydrogens (tertiary/aromatic N) is 3. The molecule has 2 aromatic rings. The molecule has 0 spiro atoms. The summed E-state index contributed by atoms with van der Waals surface area (Å²) in [7, 11) is 0. The minimum atomic E-state index is -0.156. The first-order valence-corrected chi connectivity index (χ1v) is 13.2. The van der Waals surface area contributed by atoms with Gasteiger partial charge in [0.1, 0.15) is 21.8 Å². The first-order valence-electron chi connectivity index (χ1n) is 12.3. The van der Waals surface area contributed by atoms with E-state index in [1.54, 1.807) is 11.8 Å². The van der Waals surface area contributed by atoms with Gasteiger partial charge in [-0.15, -0.1) is 0 Å². The number of carbonyl (C=O) groups excluding carboxylic acids is 1. The number of para-hydroxylation sites is 2. The third-order valence-corrected chi connectivity index (χ3v) is 8.41. The lowest BCUT2D eigenvalue weighted by molar-refractivity contribution is -0.132. The summed E-state index contributed by atoms with van der Waals surface area (Å²) in [4.78, 5) is 23.1. The van der Waals surface area contributed by atoms with Gasteiger partial charge in [-0.25, -0.2) is 0 Å². The molecule has 1 amide bonds. The van der Waals surface area contributed by atoms with E-state index in [0.29, 0.717) is 6.04 Å². The number of aliphatic imine (C=N–C) groups is 1. The molecule has 2 unspecified atom stereocenters. The van der Waals surface area contributed by atoms with Gasteiger partial charge in [-0.2, -0.15) is 0 Å². The fraction of sp³-hybridized carbons (Fsp3) is 0.481. The summed E-state index contributed by atoms with van der Waals surface area (Å²) in [5.74, 6) is 1.81. The van der Waals surface area contributed by atoms with Crippen molar-refractivity contribution in [3.63, 3.8) is 0 Å². The second-order valence-corrected chi connectivity index (χ2v) is 10.4. The molecule has 6 heteroatoms. The molecule has 0 radical (unpaired) electrons. The summed E-state index contributed by atoms with van der Waals surface area (Å²) in [5.41, 5.74) is 0.956. The highest BCUT2D eigenvalue weighted by Crippen LogP contribution is 2.37. The second-order valence-electron chi connectivity index (χ2n) is 9.28. The Kier molecular flexibility index (Phi) is 7.02. The maximum Gasteiger partial charge on any atom is 0.238 e. The largest absolute Gasteiger partial charge is 0.457 e. The molecular formula is C27H33N3O2S. The Morgan fingerprint density at radius 3 is 2.39 bits per heavy atom. The van der Waals surface area contributed by atoms with Gasteiger partial charge in [0, 0.05) is 24.7 Å². The van der Waals surface area contributed by atoms with E-state index in [1.807, 2.05) is 54.6 Å². The van der Waals surface area contributed by atoms with Crippen LogP contribution in [0.5, 0.6) is 11.5 Å². The standard InChI is InChI=1S/C27H33N3O2S/c1-20-25(27(31)30-18-14-21(15-19-30)29-16-8-3-9-17-29)33-26(28-20)23-12-6-7-13-24(23)32-22-10-4-2-5-11-22/h2,4-7,10-13,20-21,25H,3,8-9,14-19H2,1H3. The molecule has 0 bridgehead atoms. The zero-order valence-corrected chi connectivity index (χ0v) is 20.2. The van der Waals surface area contributed by atoms with Crippen molar-refractivity contribution < 1.29 is 9.53 Å². The van der Waals surface area contributed by atoms with E-state index in [4.69, 9.17) is 9.73 Å². The normalized spacial score (nSPS) is 24.5. The van der Waals surface area contributed by atoms with Gasteiger partial charge in [-0.1, -0.05) is 48.5 Å². The van der Waals surface area contributed by atoms with Gasteiger partial charge in [0.2, 0.25) is 5.91 Å². The van der Waals surface area contributed by atoms with Gasteiger partial charge in [0.05, 0.1) is 6.04 Å². The summed E-state index contributed by atoms with van der Waals surface area (Å²) in [6.07, 6.45) is 6.21. The van der Waals surface area contributed by atoms with Crippen molar-refractivity contribution in [2.75, 3.05) is 26.2 Å². The summed E-state index contributed by atoms with van der Waals surface area (Å²) >= 11 is 1.60. The molecule has 0 saturated carbocycles. The van der Waals surface area contributed by atoms with E-state index in [0.717, 1.165) is 48.0 Å². The van der Waals surface area contributed by atoms with Crippen molar-refractivity contribution in [2.24, 2.45) is 4.99 Å². The molecule has 0 N–H and O–H groups in total. The first kappa shape index (κ1) is 22.5. The Balaban J connectivity index is 1.22. The third kappa shape index (κ3) is 5.12. The van der Waals surface area contributed by atoms with Crippen LogP contribution in [0.4, 0.5) is 0 Å². The zero-order valence-electron chi connectivity index (χ0n) is 19.4. The Morgan fingerprint density at radius 2 is 1.64 bits per heavy atom. The molecule has 174 valence electrons. The fourth-order valence-electron chi connectivity index (χ4n) is 5.15. The van der Waals surface area contributed by atoms with Crippen molar-refractivity contribution in [3.8, 4) is 11.5 Å². The van der Waals surface area contributed by atoms with Gasteiger partial charge in [-0.05, 0) is 70.0 Å². The lowest BCUT2D eigenvalue weighted by Gasteiger charge is -2.40. The molecule has 2 aromatic carbocycles. The molecule has 3 heterocycles. The van der Waals surface area contributed by atoms with Gasteiger partial charge >= 0.3 is 0 Å². The topological polar surface area (TPSA) is 45.1 Å². The third-order valence-electron chi connectivity index (χ3n) is 7.01. The minimum absolute atomic E-state index is 0.0397. The molecule has 2 fully saturated rings. The highest BCUT2D eigenvalue weighted by atomic mass is 32.2. The Labute approximate surface area is 201 Å². The maximum atomic E-state index is 13.4. The van der Waals surface area contributed by atoms with Crippen LogP contribution < -0.4 is 4.74 Å². The quantitative estimate of drug-likeness (QED) is 0.611. The van der Waals surface area contributed by atoms with Crippen LogP contribution in [0.25, 0.3) is 0 Å². The highest BCUT2D eigenvalue weighted by molar-refractivity contribution is 8.15. The lowest BCUT2D eigenvalue weighted by atomic mass is 9.99. The van der Waals surface area contributed by atoms with Crippen LogP contribution in [-0.2, 0) is 4.79 Å². The van der Waals surface area contributed by atoms with Crippen LogP contribution in [0.15, 0.2) is 59.6 Å². The average molecular weight is 464 g/mol. The SMILES string of the molecule is CC1N=C(c2ccccc2Oc2ccccc2)SC1C(=O)N1CCC(N2CCCCC2)CC1. The number of piperidine rings is 2. The maximum absolute atomic E-state index is 13.4. The summed E-state index contributed by atoms with van der Waals surface area (Å²) in [5, 5.41) is 0.743. The molecule has 3 aliphatic heterocycles. The van der Waals surface area contributed by atoms with E-state index in [9.17, 15) is 4.79 Å². The number of benzene rings is 2. The Bertz CT molecular complexity index is 982. The monoisotopic (exact) mass is 463 g/mol. The summed E-state index contributed by atoms with van der Waals surface area (Å²) in [6, 6.07) is 18.4. The molecular weight excluding hydrogens is 430 g/mol. The van der Waals surface area contributed by atoms with Crippen molar-refractivity contribution in [1.82, 2.24) is 9.80 Å². The second kappa shape index (κ2) is 10.3. The van der Waals surface area contributed by atoms with Crippen molar-refractivity contribution in [3.05, 3.63) is 60.2 Å². The van der Waals surface area contributed by atoms with Crippen LogP contribution in [0.1, 0.15) is 44.6 Å². The van der Waals surface area contributed by atoms with Crippen molar-refractivity contribution in [2.45, 2.75) is 56.4 Å². The number of thioether (sulfide) groups is 1. The van der Waals surface area contributed by atoms with E-state index in [-0.39, 0.29) is 17.2 Å². The number of hydrogen-bond acceptors (Lipinski definition) is 5. The molecule has 33 heavy (non-hydrogen) atoms. The van der Waals surface area contributed by atoms with E-state index < -0.39 is 0 Å². The van der Waals surface area contributed by atoms with Gasteiger partial charge in [-0.3, -0.25) is 9.79 Å². The van der Waals surface area contributed by atoms with Crippen molar-refractivity contribution in [1.29, 1.82) is 0 Å². The molecule has 2 saturated heterocycles. The first-order chi connectivity index (χ1) is 16.2. The number of ether oxygens (including phenoxy) is 1.